The Bertz CT molecular complexity index is 954. The minimum Gasteiger partial charge on any atom is -0.333 e. The van der Waals surface area contributed by atoms with Gasteiger partial charge in [-0.05, 0) is 58.2 Å². The summed E-state index contributed by atoms with van der Waals surface area (Å²) in [6, 6.07) is 14.4. The number of benzene rings is 1. The number of rotatable bonds is 4. The number of aromatic nitrogens is 2. The van der Waals surface area contributed by atoms with E-state index in [9.17, 15) is 4.79 Å². The van der Waals surface area contributed by atoms with Crippen LogP contribution in [0.15, 0.2) is 36.4 Å². The quantitative estimate of drug-likeness (QED) is 0.751. The molecule has 166 valence electrons. The molecule has 0 N–H and O–H groups in total. The summed E-state index contributed by atoms with van der Waals surface area (Å²) < 4.78 is 1.90. The number of carbonyl (C=O) groups excluding carboxylic acids is 1. The van der Waals surface area contributed by atoms with Gasteiger partial charge in [-0.15, -0.1) is 0 Å². The van der Waals surface area contributed by atoms with Crippen molar-refractivity contribution in [2.24, 2.45) is 5.41 Å². The predicted octanol–water partition coefficient (Wildman–Crippen LogP) is 3.98. The van der Waals surface area contributed by atoms with Crippen LogP contribution in [-0.2, 0) is 17.8 Å². The van der Waals surface area contributed by atoms with E-state index in [1.54, 1.807) is 0 Å². The average Bonchev–Trinajstić information content (AvgIpc) is 3.12. The number of hydrogen-bond donors (Lipinski definition) is 0. The molecule has 5 atom stereocenters. The van der Waals surface area contributed by atoms with E-state index in [2.05, 4.69) is 65.3 Å². The fraction of sp³-hybridized carbons (Fsp3) is 0.615. The first-order valence-electron chi connectivity index (χ1n) is 12.0. The van der Waals surface area contributed by atoms with Gasteiger partial charge in [-0.25, -0.2) is 0 Å². The molecule has 1 aromatic heterocycles. The van der Waals surface area contributed by atoms with Gasteiger partial charge < -0.3 is 4.90 Å². The molecule has 0 spiro atoms. The van der Waals surface area contributed by atoms with E-state index in [4.69, 9.17) is 0 Å². The first kappa shape index (κ1) is 20.7. The molecular weight excluding hydrogens is 384 g/mol. The minimum atomic E-state index is 0.188. The van der Waals surface area contributed by atoms with Crippen molar-refractivity contribution in [3.05, 3.63) is 53.3 Å². The SMILES string of the molecule is Cc1cc(C)n(CC(=O)N2[C@H]3CCCC[C@H]4N(C)[C@@H](Cc5ccccc5)[C@@H]2C[C@@]34C)n1. The van der Waals surface area contributed by atoms with Gasteiger partial charge in [-0.2, -0.15) is 5.10 Å². The first-order valence-corrected chi connectivity index (χ1v) is 12.0. The number of likely N-dealkylation sites (N-methyl/N-ethyl adjacent to an activating group) is 1. The van der Waals surface area contributed by atoms with E-state index in [0.717, 1.165) is 30.7 Å². The lowest BCUT2D eigenvalue weighted by molar-refractivity contribution is -0.136. The maximum absolute atomic E-state index is 13.8. The van der Waals surface area contributed by atoms with Crippen molar-refractivity contribution in [3.63, 3.8) is 0 Å². The highest BCUT2D eigenvalue weighted by atomic mass is 16.2. The number of aryl methyl sites for hydroxylation is 2. The van der Waals surface area contributed by atoms with Crippen LogP contribution in [0.25, 0.3) is 0 Å². The molecule has 2 aliphatic heterocycles. The third-order valence-electron chi connectivity index (χ3n) is 8.49. The van der Waals surface area contributed by atoms with Crippen LogP contribution in [0.1, 0.15) is 56.0 Å². The highest BCUT2D eigenvalue weighted by molar-refractivity contribution is 5.77. The molecule has 5 heteroatoms. The molecule has 1 saturated carbocycles. The summed E-state index contributed by atoms with van der Waals surface area (Å²) in [4.78, 5) is 18.8. The number of likely N-dealkylation sites (tertiary alicyclic amines) is 2. The zero-order valence-electron chi connectivity index (χ0n) is 19.4. The number of fused-ring (bicyclic) bond motifs is 1. The molecule has 1 aromatic carbocycles. The summed E-state index contributed by atoms with van der Waals surface area (Å²) in [5, 5.41) is 4.58. The van der Waals surface area contributed by atoms with Crippen LogP contribution in [0.2, 0.25) is 0 Å². The summed E-state index contributed by atoms with van der Waals surface area (Å²) in [7, 11) is 2.32. The van der Waals surface area contributed by atoms with Gasteiger partial charge in [0, 0.05) is 35.3 Å². The Morgan fingerprint density at radius 1 is 1.13 bits per heavy atom. The standard InChI is InChI=1S/C26H36N4O/c1-18-14-19(2)29(27-18)17-25(31)30-22-16-26(3)23(12-8-9-13-24(26)30)28(4)21(22)15-20-10-6-5-7-11-20/h5-7,10-11,14,21-24H,8-9,12-13,15-17H2,1-4H3/t21-,22-,23+,24-,26+/m0/s1. The first-order chi connectivity index (χ1) is 14.9. The monoisotopic (exact) mass is 420 g/mol. The molecule has 5 rings (SSSR count). The molecule has 1 amide bonds. The Morgan fingerprint density at radius 3 is 2.52 bits per heavy atom. The van der Waals surface area contributed by atoms with Gasteiger partial charge in [0.25, 0.3) is 0 Å². The van der Waals surface area contributed by atoms with Crippen LogP contribution >= 0.6 is 0 Å². The Morgan fingerprint density at radius 2 is 1.84 bits per heavy atom. The van der Waals surface area contributed by atoms with Gasteiger partial charge in [0.15, 0.2) is 0 Å². The topological polar surface area (TPSA) is 41.4 Å². The van der Waals surface area contributed by atoms with E-state index in [1.165, 1.54) is 24.8 Å². The van der Waals surface area contributed by atoms with E-state index >= 15 is 0 Å². The van der Waals surface area contributed by atoms with Gasteiger partial charge in [0.2, 0.25) is 5.91 Å². The molecule has 2 saturated heterocycles. The lowest BCUT2D eigenvalue weighted by atomic mass is 9.69. The van der Waals surface area contributed by atoms with Gasteiger partial charge in [0.05, 0.1) is 5.69 Å². The summed E-state index contributed by atoms with van der Waals surface area (Å²) in [5.41, 5.74) is 3.60. The Kier molecular flexibility index (Phi) is 5.20. The zero-order chi connectivity index (χ0) is 21.8. The highest BCUT2D eigenvalue weighted by Gasteiger charge is 2.62. The van der Waals surface area contributed by atoms with Crippen molar-refractivity contribution < 1.29 is 4.79 Å². The second-order valence-corrected chi connectivity index (χ2v) is 10.4. The zero-order valence-corrected chi connectivity index (χ0v) is 19.4. The number of piperidine rings is 1. The maximum atomic E-state index is 13.8. The second-order valence-electron chi connectivity index (χ2n) is 10.4. The second kappa shape index (κ2) is 7.77. The molecule has 31 heavy (non-hydrogen) atoms. The molecule has 3 fully saturated rings. The van der Waals surface area contributed by atoms with E-state index < -0.39 is 0 Å². The summed E-state index contributed by atoms with van der Waals surface area (Å²) in [6.45, 7) is 6.87. The molecule has 0 unspecified atom stereocenters. The van der Waals surface area contributed by atoms with Gasteiger partial charge >= 0.3 is 0 Å². The highest BCUT2D eigenvalue weighted by Crippen LogP contribution is 2.55. The molecule has 0 radical (unpaired) electrons. The number of carbonyl (C=O) groups is 1. The van der Waals surface area contributed by atoms with E-state index in [0.29, 0.717) is 24.7 Å². The average molecular weight is 421 g/mol. The Balaban J connectivity index is 1.50. The van der Waals surface area contributed by atoms with E-state index in [1.807, 2.05) is 18.5 Å². The third-order valence-corrected chi connectivity index (χ3v) is 8.49. The van der Waals surface area contributed by atoms with Crippen molar-refractivity contribution in [2.75, 3.05) is 7.05 Å². The Hall–Kier alpha value is -2.14. The fourth-order valence-corrected chi connectivity index (χ4v) is 7.10. The van der Waals surface area contributed by atoms with Crippen molar-refractivity contribution in [1.29, 1.82) is 0 Å². The fourth-order valence-electron chi connectivity index (χ4n) is 7.10. The predicted molar refractivity (Wildman–Crippen MR) is 123 cm³/mol. The lowest BCUT2D eigenvalue weighted by Gasteiger charge is -2.49. The van der Waals surface area contributed by atoms with Crippen LogP contribution in [0.4, 0.5) is 0 Å². The molecule has 5 nitrogen and oxygen atoms in total. The molecular formula is C26H36N4O. The minimum absolute atomic E-state index is 0.188. The van der Waals surface area contributed by atoms with Crippen molar-refractivity contribution in [1.82, 2.24) is 19.6 Å². The molecule has 2 aromatic rings. The Labute approximate surface area is 186 Å². The van der Waals surface area contributed by atoms with Crippen molar-refractivity contribution >= 4 is 5.91 Å². The van der Waals surface area contributed by atoms with Gasteiger partial charge in [-0.1, -0.05) is 50.1 Å². The van der Waals surface area contributed by atoms with Crippen LogP contribution in [0.5, 0.6) is 0 Å². The van der Waals surface area contributed by atoms with Crippen LogP contribution in [0, 0.1) is 19.3 Å². The molecule has 1 aliphatic carbocycles. The third kappa shape index (κ3) is 3.42. The maximum Gasteiger partial charge on any atom is 0.244 e. The van der Waals surface area contributed by atoms with Crippen molar-refractivity contribution in [3.8, 4) is 0 Å². The number of hydrogen-bond acceptors (Lipinski definition) is 3. The smallest absolute Gasteiger partial charge is 0.244 e. The molecule has 3 heterocycles. The lowest BCUT2D eigenvalue weighted by Crippen LogP contribution is -2.58. The normalized spacial score (nSPS) is 32.8. The number of amides is 1. The summed E-state index contributed by atoms with van der Waals surface area (Å²) >= 11 is 0. The molecule has 2 bridgehead atoms. The molecule has 3 aliphatic rings. The summed E-state index contributed by atoms with van der Waals surface area (Å²) in [5.74, 6) is 0.249. The van der Waals surface area contributed by atoms with E-state index in [-0.39, 0.29) is 17.4 Å². The van der Waals surface area contributed by atoms with Crippen LogP contribution < -0.4 is 0 Å². The van der Waals surface area contributed by atoms with Gasteiger partial charge in [-0.3, -0.25) is 14.4 Å². The van der Waals surface area contributed by atoms with Crippen molar-refractivity contribution in [2.45, 2.75) is 90.0 Å². The van der Waals surface area contributed by atoms with Gasteiger partial charge in [0.1, 0.15) is 6.54 Å². The largest absolute Gasteiger partial charge is 0.333 e. The number of nitrogens with zero attached hydrogens (tertiary/aromatic N) is 4. The summed E-state index contributed by atoms with van der Waals surface area (Å²) in [6.07, 6.45) is 7.02. The van der Waals surface area contributed by atoms with Crippen LogP contribution in [0.3, 0.4) is 0 Å². The van der Waals surface area contributed by atoms with Crippen LogP contribution in [-0.4, -0.2) is 56.7 Å².